The number of ether oxygens (including phenoxy) is 1. The molecule has 1 heterocycles. The van der Waals surface area contributed by atoms with Crippen LogP contribution in [0, 0.1) is 11.3 Å². The number of hydroxylamine groups is 2. The minimum Gasteiger partial charge on any atom is -0.379 e. The molecule has 0 aromatic heterocycles. The first-order valence-electron chi connectivity index (χ1n) is 12.5. The number of nitrogens with one attached hydrogen (secondary N) is 2. The van der Waals surface area contributed by atoms with Gasteiger partial charge in [-0.3, -0.25) is 24.5 Å². The van der Waals surface area contributed by atoms with Crippen molar-refractivity contribution in [3.8, 4) is 0 Å². The number of hydrogen-bond donors (Lipinski definition) is 3. The molecule has 1 fully saturated rings. The second-order valence-corrected chi connectivity index (χ2v) is 10.3. The normalized spacial score (nSPS) is 17.2. The summed E-state index contributed by atoms with van der Waals surface area (Å²) in [5.74, 6) is -1.26. The highest BCUT2D eigenvalue weighted by Gasteiger charge is 2.36. The van der Waals surface area contributed by atoms with Crippen LogP contribution in [0.1, 0.15) is 46.1 Å². The molecule has 2 rings (SSSR count). The Labute approximate surface area is 209 Å². The molecule has 0 saturated carbocycles. The van der Waals surface area contributed by atoms with Crippen molar-refractivity contribution in [1.82, 2.24) is 20.6 Å². The van der Waals surface area contributed by atoms with Crippen LogP contribution in [0.3, 0.4) is 0 Å². The predicted octanol–water partition coefficient (Wildman–Crippen LogP) is 1.84. The Hall–Kier alpha value is -2.49. The van der Waals surface area contributed by atoms with Crippen LogP contribution in [0.25, 0.3) is 0 Å². The van der Waals surface area contributed by atoms with Crippen molar-refractivity contribution in [2.24, 2.45) is 11.3 Å². The zero-order valence-electron chi connectivity index (χ0n) is 21.5. The van der Waals surface area contributed by atoms with E-state index in [1.807, 2.05) is 51.1 Å². The number of carbonyl (C=O) groups excluding carboxylic acids is 3. The van der Waals surface area contributed by atoms with Crippen LogP contribution in [0.5, 0.6) is 0 Å². The van der Waals surface area contributed by atoms with E-state index >= 15 is 0 Å². The number of aryl methyl sites for hydroxylation is 1. The molecule has 2 unspecified atom stereocenters. The number of morpholine rings is 1. The third-order valence-corrected chi connectivity index (χ3v) is 6.51. The summed E-state index contributed by atoms with van der Waals surface area (Å²) in [6, 6.07) is 8.46. The molecule has 9 nitrogen and oxygen atoms in total. The quantitative estimate of drug-likeness (QED) is 0.221. The number of carbonyl (C=O) groups is 3. The monoisotopic (exact) mass is 490 g/mol. The van der Waals surface area contributed by atoms with Crippen molar-refractivity contribution in [2.45, 2.75) is 59.0 Å². The van der Waals surface area contributed by atoms with E-state index in [0.29, 0.717) is 44.1 Å². The number of amides is 3. The van der Waals surface area contributed by atoms with Crippen LogP contribution in [0.2, 0.25) is 0 Å². The molecule has 196 valence electrons. The van der Waals surface area contributed by atoms with Crippen LogP contribution >= 0.6 is 0 Å². The van der Waals surface area contributed by atoms with Gasteiger partial charge in [0.1, 0.15) is 6.04 Å². The fraction of sp³-hybridized carbons (Fsp3) is 0.654. The average molecular weight is 491 g/mol. The lowest BCUT2D eigenvalue weighted by Crippen LogP contribution is -2.57. The summed E-state index contributed by atoms with van der Waals surface area (Å²) < 4.78 is 5.35. The molecule has 3 N–H and O–H groups in total. The summed E-state index contributed by atoms with van der Waals surface area (Å²) in [4.78, 5) is 39.8. The van der Waals surface area contributed by atoms with Gasteiger partial charge in [0.25, 0.3) is 0 Å². The smallest absolute Gasteiger partial charge is 0.243 e. The van der Waals surface area contributed by atoms with Crippen LogP contribution in [0.4, 0.5) is 0 Å². The van der Waals surface area contributed by atoms with Crippen molar-refractivity contribution >= 4 is 18.2 Å². The first-order chi connectivity index (χ1) is 16.6. The van der Waals surface area contributed by atoms with Crippen LogP contribution in [-0.4, -0.2) is 84.9 Å². The van der Waals surface area contributed by atoms with Gasteiger partial charge in [-0.15, -0.1) is 0 Å². The number of nitrogens with zero attached hydrogens (tertiary/aromatic N) is 2. The lowest BCUT2D eigenvalue weighted by atomic mass is 9.84. The Kier molecular flexibility index (Phi) is 11.6. The first-order valence-corrected chi connectivity index (χ1v) is 12.5. The largest absolute Gasteiger partial charge is 0.379 e. The Bertz CT molecular complexity index is 793. The summed E-state index contributed by atoms with van der Waals surface area (Å²) in [7, 11) is 0. The molecular weight excluding hydrogens is 448 g/mol. The average Bonchev–Trinajstić information content (AvgIpc) is 2.84. The van der Waals surface area contributed by atoms with Crippen molar-refractivity contribution in [3.63, 3.8) is 0 Å². The minimum atomic E-state index is -0.758. The van der Waals surface area contributed by atoms with Gasteiger partial charge in [0.05, 0.1) is 25.2 Å². The van der Waals surface area contributed by atoms with E-state index in [-0.39, 0.29) is 11.8 Å². The SMILES string of the molecule is C[C@@H](C(CCCc1ccccc1)C(=O)NC(C(=O)NCCN1CCOCC1)C(C)(C)C)N(O)C=O. The zero-order chi connectivity index (χ0) is 25.8. The Morgan fingerprint density at radius 2 is 1.83 bits per heavy atom. The number of hydrogen-bond acceptors (Lipinski definition) is 6. The Morgan fingerprint density at radius 1 is 1.17 bits per heavy atom. The molecule has 1 aliphatic heterocycles. The van der Waals surface area contributed by atoms with Gasteiger partial charge < -0.3 is 15.4 Å². The van der Waals surface area contributed by atoms with Gasteiger partial charge in [-0.25, -0.2) is 5.06 Å². The van der Waals surface area contributed by atoms with Crippen molar-refractivity contribution in [2.75, 3.05) is 39.4 Å². The number of rotatable bonds is 13. The second kappa shape index (κ2) is 14.2. The standard InChI is InChI=1S/C26H42N4O5/c1-20(30(34)19-31)22(12-8-11-21-9-6-5-7-10-21)24(32)28-23(26(2,3)4)25(33)27-13-14-29-15-17-35-18-16-29/h5-7,9-10,19-20,22-23,34H,8,11-18H2,1-4H3,(H,27,33)(H,28,32)/t20-,22?,23?/m0/s1. The van der Waals surface area contributed by atoms with Gasteiger partial charge in [-0.1, -0.05) is 51.1 Å². The summed E-state index contributed by atoms with van der Waals surface area (Å²) >= 11 is 0. The summed E-state index contributed by atoms with van der Waals surface area (Å²) in [5.41, 5.74) is 0.628. The molecule has 0 spiro atoms. The maximum atomic E-state index is 13.4. The van der Waals surface area contributed by atoms with E-state index in [2.05, 4.69) is 15.5 Å². The van der Waals surface area contributed by atoms with E-state index in [0.717, 1.165) is 31.6 Å². The highest BCUT2D eigenvalue weighted by atomic mass is 16.5. The summed E-state index contributed by atoms with van der Waals surface area (Å²) in [6.07, 6.45) is 2.24. The lowest BCUT2D eigenvalue weighted by Gasteiger charge is -2.34. The molecule has 1 saturated heterocycles. The van der Waals surface area contributed by atoms with Crippen LogP contribution in [-0.2, 0) is 25.5 Å². The fourth-order valence-electron chi connectivity index (χ4n) is 4.23. The van der Waals surface area contributed by atoms with Gasteiger partial charge in [-0.05, 0) is 37.2 Å². The van der Waals surface area contributed by atoms with E-state index in [1.54, 1.807) is 6.92 Å². The highest BCUT2D eigenvalue weighted by Crippen LogP contribution is 2.23. The maximum Gasteiger partial charge on any atom is 0.243 e. The van der Waals surface area contributed by atoms with E-state index in [1.165, 1.54) is 0 Å². The van der Waals surface area contributed by atoms with Crippen molar-refractivity contribution in [3.05, 3.63) is 35.9 Å². The lowest BCUT2D eigenvalue weighted by molar-refractivity contribution is -0.166. The van der Waals surface area contributed by atoms with Crippen LogP contribution < -0.4 is 10.6 Å². The zero-order valence-corrected chi connectivity index (χ0v) is 21.5. The number of benzene rings is 1. The molecular formula is C26H42N4O5. The van der Waals surface area contributed by atoms with E-state index in [4.69, 9.17) is 4.74 Å². The summed E-state index contributed by atoms with van der Waals surface area (Å²) in [5, 5.41) is 16.4. The van der Waals surface area contributed by atoms with E-state index in [9.17, 15) is 19.6 Å². The third kappa shape index (κ3) is 9.58. The fourth-order valence-corrected chi connectivity index (χ4v) is 4.23. The Morgan fingerprint density at radius 3 is 2.43 bits per heavy atom. The third-order valence-electron chi connectivity index (χ3n) is 6.51. The van der Waals surface area contributed by atoms with Gasteiger partial charge >= 0.3 is 0 Å². The predicted molar refractivity (Wildman–Crippen MR) is 134 cm³/mol. The van der Waals surface area contributed by atoms with Gasteiger partial charge in [0.2, 0.25) is 18.2 Å². The molecule has 1 aliphatic rings. The van der Waals surface area contributed by atoms with Gasteiger partial charge in [0.15, 0.2) is 0 Å². The summed E-state index contributed by atoms with van der Waals surface area (Å²) in [6.45, 7) is 11.6. The topological polar surface area (TPSA) is 111 Å². The van der Waals surface area contributed by atoms with Crippen molar-refractivity contribution < 1.29 is 24.3 Å². The molecule has 0 radical (unpaired) electrons. The molecule has 1 aromatic carbocycles. The molecule has 35 heavy (non-hydrogen) atoms. The maximum absolute atomic E-state index is 13.4. The minimum absolute atomic E-state index is 0.244. The molecule has 0 aliphatic carbocycles. The molecule has 3 atom stereocenters. The molecule has 0 bridgehead atoms. The van der Waals surface area contributed by atoms with Gasteiger partial charge in [-0.2, -0.15) is 0 Å². The Balaban J connectivity index is 2.01. The second-order valence-electron chi connectivity index (χ2n) is 10.3. The van der Waals surface area contributed by atoms with Gasteiger partial charge in [0, 0.05) is 26.2 Å². The molecule has 3 amide bonds. The van der Waals surface area contributed by atoms with E-state index < -0.39 is 23.4 Å². The first kappa shape index (κ1) is 28.7. The highest BCUT2D eigenvalue weighted by molar-refractivity contribution is 5.89. The molecule has 1 aromatic rings. The van der Waals surface area contributed by atoms with Crippen molar-refractivity contribution in [1.29, 1.82) is 0 Å². The van der Waals surface area contributed by atoms with Crippen LogP contribution in [0.15, 0.2) is 30.3 Å². The molecule has 9 heteroatoms.